The first-order valence-electron chi connectivity index (χ1n) is 10.5. The molecule has 0 saturated heterocycles. The second-order valence-corrected chi connectivity index (χ2v) is 8.60. The van der Waals surface area contributed by atoms with Crippen molar-refractivity contribution in [2.45, 2.75) is 57.0 Å². The molecule has 0 atom stereocenters. The highest BCUT2D eigenvalue weighted by molar-refractivity contribution is 7.92. The molecule has 5 rings (SSSR count). The molecular weight excluding hydrogens is 407 g/mol. The van der Waals surface area contributed by atoms with Crippen molar-refractivity contribution < 1.29 is 18.2 Å². The molecule has 2 saturated carbocycles. The zero-order chi connectivity index (χ0) is 21.1. The maximum atomic E-state index is 13.2. The quantitative estimate of drug-likeness (QED) is 0.649. The molecule has 0 N–H and O–H groups in total. The van der Waals surface area contributed by atoms with Gasteiger partial charge in [0.2, 0.25) is 0 Å². The normalized spacial score (nSPS) is 19.6. The van der Waals surface area contributed by atoms with Gasteiger partial charge in [-0.3, -0.25) is 4.79 Å². The number of carbonyl (C=O) groups excluding carboxylic acids is 1. The minimum absolute atomic E-state index is 0.0830. The molecule has 0 unspecified atom stereocenters. The Hall–Kier alpha value is -1.84. The number of anilines is 1. The molecule has 3 heterocycles. The lowest BCUT2D eigenvalue weighted by Crippen LogP contribution is -2.52. The van der Waals surface area contributed by atoms with E-state index in [2.05, 4.69) is 19.4 Å². The van der Waals surface area contributed by atoms with E-state index in [4.69, 9.17) is 0 Å². The fourth-order valence-corrected chi connectivity index (χ4v) is 4.82. The van der Waals surface area contributed by atoms with Crippen LogP contribution in [0.3, 0.4) is 0 Å². The predicted octanol–water partition coefficient (Wildman–Crippen LogP) is 4.37. The van der Waals surface area contributed by atoms with Crippen molar-refractivity contribution in [1.29, 1.82) is 0 Å². The predicted molar refractivity (Wildman–Crippen MR) is 116 cm³/mol. The second kappa shape index (κ2) is 9.53. The fourth-order valence-electron chi connectivity index (χ4n) is 4.50. The van der Waals surface area contributed by atoms with Crippen molar-refractivity contribution in [3.63, 3.8) is 0 Å². The molecule has 0 bridgehead atoms. The first-order valence-corrected chi connectivity index (χ1v) is 11.2. The Labute approximate surface area is 180 Å². The Morgan fingerprint density at radius 2 is 1.80 bits per heavy atom. The summed E-state index contributed by atoms with van der Waals surface area (Å²) in [6.07, 6.45) is 11.6. The number of fused-ring (bicyclic) bond motifs is 3. The molecule has 9 heteroatoms. The van der Waals surface area contributed by atoms with E-state index >= 15 is 0 Å². The van der Waals surface area contributed by atoms with Crippen LogP contribution in [0.4, 0.5) is 9.57 Å². The van der Waals surface area contributed by atoms with Crippen molar-refractivity contribution in [2.75, 3.05) is 32.6 Å². The first-order chi connectivity index (χ1) is 14.7. The van der Waals surface area contributed by atoms with Crippen molar-refractivity contribution in [1.82, 2.24) is 13.9 Å². The van der Waals surface area contributed by atoms with Crippen LogP contribution >= 0.6 is 12.3 Å². The van der Waals surface area contributed by atoms with Gasteiger partial charge >= 0.3 is 0 Å². The topological polar surface area (TPSA) is 59.8 Å². The number of carbonyl (C=O) groups is 1. The number of ether oxygens (including phenoxy) is 2. The molecule has 1 aliphatic heterocycles. The fraction of sp³-hybridized carbons (Fsp3) is 0.619. The molecule has 3 aliphatic rings. The molecule has 7 nitrogen and oxygen atoms in total. The van der Waals surface area contributed by atoms with Crippen LogP contribution in [0.25, 0.3) is 11.0 Å². The van der Waals surface area contributed by atoms with E-state index in [9.17, 15) is 8.68 Å². The van der Waals surface area contributed by atoms with Crippen molar-refractivity contribution in [2.24, 2.45) is 0 Å². The van der Waals surface area contributed by atoms with E-state index in [0.29, 0.717) is 36.8 Å². The first kappa shape index (κ1) is 21.4. The number of methoxy groups -OCH3 is 2. The van der Waals surface area contributed by atoms with Crippen LogP contribution in [0.15, 0.2) is 18.5 Å². The zero-order valence-corrected chi connectivity index (χ0v) is 18.4. The van der Waals surface area contributed by atoms with Gasteiger partial charge in [0.25, 0.3) is 5.91 Å². The standard InChI is InChI=1S/C18H21FN4OS.C3H8O2/c19-25-23-9-8-14-16-15(10-20-17(14)23)18(24)22(13-6-7-13)11-21(16)12-4-2-1-3-5-12;1-4-3-5-2/h8-10,12-13H,1-7,11H2;3H2,1-2H3. The molecule has 2 aromatic rings. The molecule has 164 valence electrons. The number of hydrogen-bond donors (Lipinski definition) is 0. The maximum Gasteiger partial charge on any atom is 0.259 e. The van der Waals surface area contributed by atoms with Gasteiger partial charge in [0, 0.05) is 44.1 Å². The van der Waals surface area contributed by atoms with Crippen LogP contribution in [-0.4, -0.2) is 59.5 Å². The van der Waals surface area contributed by atoms with Crippen LogP contribution < -0.4 is 4.90 Å². The monoisotopic (exact) mass is 436 g/mol. The summed E-state index contributed by atoms with van der Waals surface area (Å²) in [6, 6.07) is 2.73. The Morgan fingerprint density at radius 1 is 1.10 bits per heavy atom. The summed E-state index contributed by atoms with van der Waals surface area (Å²) < 4.78 is 23.5. The van der Waals surface area contributed by atoms with Gasteiger partial charge in [0.05, 0.1) is 17.9 Å². The van der Waals surface area contributed by atoms with Crippen molar-refractivity contribution in [3.8, 4) is 0 Å². The third-order valence-electron chi connectivity index (χ3n) is 6.05. The molecule has 0 radical (unpaired) electrons. The van der Waals surface area contributed by atoms with Gasteiger partial charge in [-0.2, -0.15) is 0 Å². The van der Waals surface area contributed by atoms with Gasteiger partial charge in [-0.05, 0) is 31.7 Å². The highest BCUT2D eigenvalue weighted by Crippen LogP contribution is 2.41. The summed E-state index contributed by atoms with van der Waals surface area (Å²) in [5.41, 5.74) is 2.24. The van der Waals surface area contributed by atoms with Gasteiger partial charge in [-0.15, -0.1) is 3.89 Å². The number of amides is 1. The molecule has 30 heavy (non-hydrogen) atoms. The number of halogens is 1. The Morgan fingerprint density at radius 3 is 2.40 bits per heavy atom. The second-order valence-electron chi connectivity index (χ2n) is 8.07. The lowest BCUT2D eigenvalue weighted by atomic mass is 9.92. The van der Waals surface area contributed by atoms with E-state index in [1.807, 2.05) is 11.0 Å². The third kappa shape index (κ3) is 4.15. The van der Waals surface area contributed by atoms with Crippen molar-refractivity contribution in [3.05, 3.63) is 24.0 Å². The highest BCUT2D eigenvalue weighted by atomic mass is 32.2. The summed E-state index contributed by atoms with van der Waals surface area (Å²) >= 11 is 0.149. The number of hydrogen-bond acceptors (Lipinski definition) is 6. The molecule has 2 aliphatic carbocycles. The Bertz CT molecular complexity index is 881. The Kier molecular flexibility index (Phi) is 6.80. The molecule has 0 spiro atoms. The van der Waals surface area contributed by atoms with Gasteiger partial charge in [0.15, 0.2) is 18.0 Å². The lowest BCUT2D eigenvalue weighted by Gasteiger charge is -2.44. The van der Waals surface area contributed by atoms with Crippen LogP contribution in [0.1, 0.15) is 55.3 Å². The average Bonchev–Trinajstić information content (AvgIpc) is 3.54. The number of rotatable bonds is 5. The SMILES string of the molecule is COCOC.O=C1c2cnc3c(ccn3SF)c2N(C2CCCCC2)CN1C1CC1. The molecule has 2 fully saturated rings. The van der Waals surface area contributed by atoms with Crippen LogP contribution in [-0.2, 0) is 9.47 Å². The lowest BCUT2D eigenvalue weighted by molar-refractivity contribution is -0.00272. The van der Waals surface area contributed by atoms with Gasteiger partial charge < -0.3 is 19.3 Å². The van der Waals surface area contributed by atoms with Crippen molar-refractivity contribution >= 4 is 35.0 Å². The summed E-state index contributed by atoms with van der Waals surface area (Å²) in [7, 11) is 3.17. The Balaban J connectivity index is 0.000000393. The van der Waals surface area contributed by atoms with Crippen LogP contribution in [0, 0.1) is 0 Å². The van der Waals surface area contributed by atoms with Gasteiger partial charge in [0.1, 0.15) is 6.79 Å². The maximum absolute atomic E-state index is 13.2. The van der Waals surface area contributed by atoms with E-state index in [0.717, 1.165) is 36.8 Å². The minimum Gasteiger partial charge on any atom is -0.359 e. The van der Waals surface area contributed by atoms with Gasteiger partial charge in [-0.1, -0.05) is 19.3 Å². The minimum atomic E-state index is 0.0830. The zero-order valence-electron chi connectivity index (χ0n) is 17.6. The van der Waals surface area contributed by atoms with Gasteiger partial charge in [-0.25, -0.2) is 8.96 Å². The molecular formula is C21H29FN4O3S. The summed E-state index contributed by atoms with van der Waals surface area (Å²) in [6.45, 7) is 1.05. The highest BCUT2D eigenvalue weighted by Gasteiger charge is 2.41. The van der Waals surface area contributed by atoms with Crippen LogP contribution in [0.2, 0.25) is 0 Å². The number of pyridine rings is 1. The third-order valence-corrected chi connectivity index (χ3v) is 6.49. The number of aromatic nitrogens is 2. The summed E-state index contributed by atoms with van der Waals surface area (Å²) in [5, 5.41) is 0.886. The largest absolute Gasteiger partial charge is 0.359 e. The molecule has 0 aromatic carbocycles. The van der Waals surface area contributed by atoms with E-state index in [1.54, 1.807) is 26.6 Å². The smallest absolute Gasteiger partial charge is 0.259 e. The van der Waals surface area contributed by atoms with E-state index in [-0.39, 0.29) is 18.2 Å². The number of nitrogens with zero attached hydrogens (tertiary/aromatic N) is 4. The summed E-state index contributed by atoms with van der Waals surface area (Å²) in [5.74, 6) is 0.0830. The van der Waals surface area contributed by atoms with Crippen LogP contribution in [0.5, 0.6) is 0 Å². The molecule has 2 aromatic heterocycles. The average molecular weight is 437 g/mol. The molecule has 1 amide bonds. The van der Waals surface area contributed by atoms with E-state index in [1.165, 1.54) is 23.2 Å². The van der Waals surface area contributed by atoms with E-state index < -0.39 is 0 Å². The summed E-state index contributed by atoms with van der Waals surface area (Å²) in [4.78, 5) is 21.8.